The predicted molar refractivity (Wildman–Crippen MR) is 78.6 cm³/mol. The third-order valence-corrected chi connectivity index (χ3v) is 3.70. The average Bonchev–Trinajstić information content (AvgIpc) is 2.85. The van der Waals surface area contributed by atoms with Gasteiger partial charge in [-0.1, -0.05) is 26.0 Å². The van der Waals surface area contributed by atoms with Crippen LogP contribution in [0.2, 0.25) is 0 Å². The van der Waals surface area contributed by atoms with Crippen LogP contribution in [0.3, 0.4) is 0 Å². The van der Waals surface area contributed by atoms with Crippen molar-refractivity contribution in [2.24, 2.45) is 0 Å². The molecule has 1 N–H and O–H groups in total. The molecule has 0 saturated heterocycles. The van der Waals surface area contributed by atoms with Gasteiger partial charge in [-0.15, -0.1) is 11.3 Å². The molecule has 0 unspecified atom stereocenters. The summed E-state index contributed by atoms with van der Waals surface area (Å²) in [5.74, 6) is -0.234. The molecule has 0 saturated carbocycles. The summed E-state index contributed by atoms with van der Waals surface area (Å²) in [5, 5.41) is 6.12. The number of thiazole rings is 1. The summed E-state index contributed by atoms with van der Waals surface area (Å²) in [7, 11) is 1.83. The molecule has 0 atom stereocenters. The quantitative estimate of drug-likeness (QED) is 0.907. The molecule has 0 spiro atoms. The first kappa shape index (κ1) is 14.0. The van der Waals surface area contributed by atoms with E-state index in [1.807, 2.05) is 18.5 Å². The Labute approximate surface area is 117 Å². The smallest absolute Gasteiger partial charge is 0.189 e. The van der Waals surface area contributed by atoms with Gasteiger partial charge in [0, 0.05) is 25.0 Å². The highest BCUT2D eigenvalue weighted by Gasteiger charge is 2.12. The van der Waals surface area contributed by atoms with Crippen LogP contribution in [-0.2, 0) is 6.54 Å². The SMILES string of the molecule is CC(C)NCc1csc(N(C)c2ccccc2F)n1. The van der Waals surface area contributed by atoms with Crippen LogP contribution in [0.1, 0.15) is 19.5 Å². The molecular weight excluding hydrogens is 261 g/mol. The number of aromatic nitrogens is 1. The van der Waals surface area contributed by atoms with E-state index in [0.717, 1.165) is 17.4 Å². The Kier molecular flexibility index (Phi) is 4.50. The van der Waals surface area contributed by atoms with Crippen LogP contribution in [0.4, 0.5) is 15.2 Å². The van der Waals surface area contributed by atoms with Crippen molar-refractivity contribution in [1.29, 1.82) is 0 Å². The van der Waals surface area contributed by atoms with Gasteiger partial charge in [-0.3, -0.25) is 0 Å². The predicted octanol–water partition coefficient (Wildman–Crippen LogP) is 3.55. The number of rotatable bonds is 5. The van der Waals surface area contributed by atoms with Gasteiger partial charge in [0.2, 0.25) is 0 Å². The largest absolute Gasteiger partial charge is 0.318 e. The second-order valence-electron chi connectivity index (χ2n) is 4.67. The van der Waals surface area contributed by atoms with Gasteiger partial charge < -0.3 is 10.2 Å². The molecule has 0 radical (unpaired) electrons. The second kappa shape index (κ2) is 6.12. The number of nitrogens with zero attached hydrogens (tertiary/aromatic N) is 2. The number of hydrogen-bond acceptors (Lipinski definition) is 4. The average molecular weight is 279 g/mol. The van der Waals surface area contributed by atoms with Gasteiger partial charge in [0.15, 0.2) is 5.13 Å². The lowest BCUT2D eigenvalue weighted by Gasteiger charge is -2.16. The molecule has 102 valence electrons. The minimum Gasteiger partial charge on any atom is -0.318 e. The van der Waals surface area contributed by atoms with E-state index >= 15 is 0 Å². The zero-order valence-electron chi connectivity index (χ0n) is 11.4. The number of anilines is 2. The number of nitrogens with one attached hydrogen (secondary N) is 1. The lowest BCUT2D eigenvalue weighted by atomic mass is 10.3. The van der Waals surface area contributed by atoms with E-state index in [2.05, 4.69) is 24.1 Å². The highest BCUT2D eigenvalue weighted by Crippen LogP contribution is 2.28. The molecule has 1 heterocycles. The molecule has 0 fully saturated rings. The maximum Gasteiger partial charge on any atom is 0.189 e. The maximum absolute atomic E-state index is 13.7. The summed E-state index contributed by atoms with van der Waals surface area (Å²) in [5.41, 5.74) is 1.53. The van der Waals surface area contributed by atoms with Crippen LogP contribution in [0, 0.1) is 5.82 Å². The monoisotopic (exact) mass is 279 g/mol. The van der Waals surface area contributed by atoms with Crippen molar-refractivity contribution < 1.29 is 4.39 Å². The second-order valence-corrected chi connectivity index (χ2v) is 5.50. The topological polar surface area (TPSA) is 28.2 Å². The van der Waals surface area contributed by atoms with Crippen molar-refractivity contribution in [1.82, 2.24) is 10.3 Å². The fourth-order valence-electron chi connectivity index (χ4n) is 1.67. The van der Waals surface area contributed by atoms with E-state index in [0.29, 0.717) is 11.7 Å². The Morgan fingerprint density at radius 2 is 2.11 bits per heavy atom. The summed E-state index contributed by atoms with van der Waals surface area (Å²) in [6, 6.07) is 7.15. The number of halogens is 1. The first-order valence-corrected chi connectivity index (χ1v) is 7.12. The van der Waals surface area contributed by atoms with Crippen LogP contribution >= 0.6 is 11.3 Å². The van der Waals surface area contributed by atoms with Gasteiger partial charge >= 0.3 is 0 Å². The molecule has 2 aromatic rings. The standard InChI is InChI=1S/C14H18FN3S/c1-10(2)16-8-11-9-19-14(17-11)18(3)13-7-5-4-6-12(13)15/h4-7,9-10,16H,8H2,1-3H3. The normalized spacial score (nSPS) is 11.0. The van der Waals surface area contributed by atoms with Gasteiger partial charge in [-0.25, -0.2) is 9.37 Å². The molecule has 0 aliphatic heterocycles. The van der Waals surface area contributed by atoms with Gasteiger partial charge in [0.1, 0.15) is 5.82 Å². The molecule has 2 rings (SSSR count). The molecule has 1 aromatic heterocycles. The van der Waals surface area contributed by atoms with Crippen LogP contribution in [0.5, 0.6) is 0 Å². The van der Waals surface area contributed by atoms with Gasteiger partial charge in [0.05, 0.1) is 11.4 Å². The summed E-state index contributed by atoms with van der Waals surface area (Å²) in [4.78, 5) is 6.29. The van der Waals surface area contributed by atoms with E-state index in [4.69, 9.17) is 0 Å². The third kappa shape index (κ3) is 3.52. The molecule has 3 nitrogen and oxygen atoms in total. The molecule has 1 aromatic carbocycles. The van der Waals surface area contributed by atoms with E-state index in [9.17, 15) is 4.39 Å². The van der Waals surface area contributed by atoms with E-state index < -0.39 is 0 Å². The summed E-state index contributed by atoms with van der Waals surface area (Å²) < 4.78 is 13.7. The van der Waals surface area contributed by atoms with Crippen molar-refractivity contribution in [3.05, 3.63) is 41.2 Å². The zero-order valence-corrected chi connectivity index (χ0v) is 12.2. The molecule has 0 aliphatic rings. The molecule has 0 amide bonds. The van der Waals surface area contributed by atoms with Crippen LogP contribution in [-0.4, -0.2) is 18.1 Å². The lowest BCUT2D eigenvalue weighted by Crippen LogP contribution is -2.22. The van der Waals surface area contributed by atoms with Crippen LogP contribution in [0.15, 0.2) is 29.6 Å². The fraction of sp³-hybridized carbons (Fsp3) is 0.357. The Morgan fingerprint density at radius 3 is 2.79 bits per heavy atom. The zero-order chi connectivity index (χ0) is 13.8. The number of para-hydroxylation sites is 1. The van der Waals surface area contributed by atoms with Crippen LogP contribution in [0.25, 0.3) is 0 Å². The third-order valence-electron chi connectivity index (χ3n) is 2.73. The minimum absolute atomic E-state index is 0.234. The minimum atomic E-state index is -0.234. The van der Waals surface area contributed by atoms with Crippen LogP contribution < -0.4 is 10.2 Å². The Morgan fingerprint density at radius 1 is 1.37 bits per heavy atom. The van der Waals surface area contributed by atoms with Crippen molar-refractivity contribution in [2.75, 3.05) is 11.9 Å². The van der Waals surface area contributed by atoms with Gasteiger partial charge in [-0.05, 0) is 12.1 Å². The fourth-order valence-corrected chi connectivity index (χ4v) is 2.47. The molecule has 5 heteroatoms. The summed E-state index contributed by atoms with van der Waals surface area (Å²) >= 11 is 1.52. The van der Waals surface area contributed by atoms with Gasteiger partial charge in [0.25, 0.3) is 0 Å². The van der Waals surface area contributed by atoms with Gasteiger partial charge in [-0.2, -0.15) is 0 Å². The summed E-state index contributed by atoms with van der Waals surface area (Å²) in [6.07, 6.45) is 0. The van der Waals surface area contributed by atoms with E-state index in [1.165, 1.54) is 17.4 Å². The molecule has 0 bridgehead atoms. The maximum atomic E-state index is 13.7. The van der Waals surface area contributed by atoms with Crippen molar-refractivity contribution in [3.63, 3.8) is 0 Å². The Hall–Kier alpha value is -1.46. The summed E-state index contributed by atoms with van der Waals surface area (Å²) in [6.45, 7) is 4.93. The highest BCUT2D eigenvalue weighted by molar-refractivity contribution is 7.13. The highest BCUT2D eigenvalue weighted by atomic mass is 32.1. The van der Waals surface area contributed by atoms with Crippen molar-refractivity contribution in [3.8, 4) is 0 Å². The number of benzene rings is 1. The van der Waals surface area contributed by atoms with E-state index in [1.54, 1.807) is 17.0 Å². The number of hydrogen-bond donors (Lipinski definition) is 1. The first-order valence-electron chi connectivity index (χ1n) is 6.24. The van der Waals surface area contributed by atoms with Crippen molar-refractivity contribution >= 4 is 22.2 Å². The molecular formula is C14H18FN3S. The van der Waals surface area contributed by atoms with E-state index in [-0.39, 0.29) is 5.82 Å². The Bertz CT molecular complexity index is 539. The lowest BCUT2D eigenvalue weighted by molar-refractivity contribution is 0.583. The Balaban J connectivity index is 2.12. The molecule has 0 aliphatic carbocycles. The molecule has 19 heavy (non-hydrogen) atoms. The van der Waals surface area contributed by atoms with Crippen molar-refractivity contribution in [2.45, 2.75) is 26.4 Å². The first-order chi connectivity index (χ1) is 9.08.